The van der Waals surface area contributed by atoms with Gasteiger partial charge in [0, 0.05) is 13.3 Å². The monoisotopic (exact) mass is 291 g/mol. The van der Waals surface area contributed by atoms with Crippen molar-refractivity contribution in [3.63, 3.8) is 0 Å². The van der Waals surface area contributed by atoms with Gasteiger partial charge in [0.15, 0.2) is 0 Å². The summed E-state index contributed by atoms with van der Waals surface area (Å²) < 4.78 is 5.53. The van der Waals surface area contributed by atoms with Crippen molar-refractivity contribution >= 4 is 11.9 Å². The van der Waals surface area contributed by atoms with Crippen molar-refractivity contribution in [2.75, 3.05) is 6.61 Å². The summed E-state index contributed by atoms with van der Waals surface area (Å²) >= 11 is 0. The summed E-state index contributed by atoms with van der Waals surface area (Å²) in [4.78, 5) is 22.0. The van der Waals surface area contributed by atoms with Crippen LogP contribution in [-0.4, -0.2) is 29.6 Å². The number of carbonyl (C=O) groups is 2. The molecule has 2 N–H and O–H groups in total. The van der Waals surface area contributed by atoms with Crippen molar-refractivity contribution < 1.29 is 19.4 Å². The van der Waals surface area contributed by atoms with Crippen LogP contribution in [0.5, 0.6) is 5.75 Å². The molecule has 0 spiro atoms. The number of rotatable bonds is 7. The van der Waals surface area contributed by atoms with E-state index in [0.29, 0.717) is 6.61 Å². The molecule has 1 aromatic carbocycles. The van der Waals surface area contributed by atoms with Crippen LogP contribution >= 0.6 is 0 Å². The lowest BCUT2D eigenvalue weighted by molar-refractivity contribution is -0.141. The van der Waals surface area contributed by atoms with Gasteiger partial charge in [0.1, 0.15) is 18.4 Å². The van der Waals surface area contributed by atoms with Gasteiger partial charge in [-0.1, -0.05) is 17.7 Å². The van der Waals surface area contributed by atoms with E-state index in [9.17, 15) is 9.59 Å². The Labute approximate surface area is 124 Å². The SMILES string of the molecule is CC(=O)N[C@@H](Cc1ccc(OCC=C(C)C)cc1)C(=O)O. The zero-order valence-corrected chi connectivity index (χ0v) is 12.6. The van der Waals surface area contributed by atoms with Gasteiger partial charge in [0.05, 0.1) is 0 Å². The van der Waals surface area contributed by atoms with Crippen LogP contribution < -0.4 is 10.1 Å². The Morgan fingerprint density at radius 3 is 2.33 bits per heavy atom. The van der Waals surface area contributed by atoms with Crippen LogP contribution in [0.4, 0.5) is 0 Å². The van der Waals surface area contributed by atoms with Gasteiger partial charge in [0.2, 0.25) is 5.91 Å². The lowest BCUT2D eigenvalue weighted by Gasteiger charge is -2.13. The Morgan fingerprint density at radius 1 is 1.24 bits per heavy atom. The number of carbonyl (C=O) groups excluding carboxylic acids is 1. The molecule has 1 amide bonds. The van der Waals surface area contributed by atoms with Gasteiger partial charge in [0.25, 0.3) is 0 Å². The van der Waals surface area contributed by atoms with E-state index in [2.05, 4.69) is 5.32 Å². The summed E-state index contributed by atoms with van der Waals surface area (Å²) in [5.41, 5.74) is 2.01. The van der Waals surface area contributed by atoms with Crippen molar-refractivity contribution in [1.82, 2.24) is 5.32 Å². The van der Waals surface area contributed by atoms with Gasteiger partial charge < -0.3 is 15.2 Å². The van der Waals surface area contributed by atoms with Crippen molar-refractivity contribution in [2.45, 2.75) is 33.2 Å². The van der Waals surface area contributed by atoms with Gasteiger partial charge in [-0.15, -0.1) is 0 Å². The minimum Gasteiger partial charge on any atom is -0.490 e. The highest BCUT2D eigenvalue weighted by atomic mass is 16.5. The normalized spacial score (nSPS) is 11.4. The molecule has 0 heterocycles. The maximum Gasteiger partial charge on any atom is 0.326 e. The highest BCUT2D eigenvalue weighted by Crippen LogP contribution is 2.14. The largest absolute Gasteiger partial charge is 0.490 e. The number of benzene rings is 1. The molecule has 5 nitrogen and oxygen atoms in total. The number of carboxylic acids is 1. The third kappa shape index (κ3) is 6.61. The predicted octanol–water partition coefficient (Wildman–Crippen LogP) is 2.16. The van der Waals surface area contributed by atoms with Crippen LogP contribution in [0.3, 0.4) is 0 Å². The predicted molar refractivity (Wildman–Crippen MR) is 80.3 cm³/mol. The zero-order chi connectivity index (χ0) is 15.8. The average Bonchev–Trinajstić information content (AvgIpc) is 2.39. The molecule has 1 aromatic rings. The summed E-state index contributed by atoms with van der Waals surface area (Å²) in [6, 6.07) is 6.27. The fraction of sp³-hybridized carbons (Fsp3) is 0.375. The maximum atomic E-state index is 11.1. The van der Waals surface area contributed by atoms with Gasteiger partial charge in [-0.3, -0.25) is 4.79 Å². The molecule has 0 saturated heterocycles. The minimum atomic E-state index is -1.05. The molecule has 0 aliphatic heterocycles. The topological polar surface area (TPSA) is 75.6 Å². The van der Waals surface area contributed by atoms with Gasteiger partial charge in [-0.25, -0.2) is 4.79 Å². The molecule has 0 aliphatic rings. The molecule has 1 rings (SSSR count). The smallest absolute Gasteiger partial charge is 0.326 e. The molecule has 0 aliphatic carbocycles. The maximum absolute atomic E-state index is 11.1. The van der Waals surface area contributed by atoms with Crippen molar-refractivity contribution in [2.24, 2.45) is 0 Å². The molecule has 0 bridgehead atoms. The molecule has 0 radical (unpaired) electrons. The highest BCUT2D eigenvalue weighted by Gasteiger charge is 2.18. The average molecular weight is 291 g/mol. The standard InChI is InChI=1S/C16H21NO4/c1-11(2)8-9-21-14-6-4-13(5-7-14)10-15(16(19)20)17-12(3)18/h4-8,15H,9-10H2,1-3H3,(H,17,18)(H,19,20)/t15-/m0/s1. The number of nitrogens with one attached hydrogen (secondary N) is 1. The number of aliphatic carboxylic acids is 1. The summed E-state index contributed by atoms with van der Waals surface area (Å²) in [5, 5.41) is 11.5. The number of amides is 1. The number of allylic oxidation sites excluding steroid dienone is 1. The van der Waals surface area contributed by atoms with Crippen molar-refractivity contribution in [3.05, 3.63) is 41.5 Å². The van der Waals surface area contributed by atoms with E-state index in [1.54, 1.807) is 24.3 Å². The van der Waals surface area contributed by atoms with E-state index in [4.69, 9.17) is 9.84 Å². The summed E-state index contributed by atoms with van der Waals surface area (Å²) in [6.45, 7) is 5.81. The van der Waals surface area contributed by atoms with Crippen LogP contribution in [0.15, 0.2) is 35.9 Å². The number of carboxylic acid groups (broad SMARTS) is 1. The number of ether oxygens (including phenoxy) is 1. The summed E-state index contributed by atoms with van der Waals surface area (Å²) in [5.74, 6) is -0.680. The molecule has 1 atom stereocenters. The van der Waals surface area contributed by atoms with Gasteiger partial charge in [-0.2, -0.15) is 0 Å². The molecule has 21 heavy (non-hydrogen) atoms. The fourth-order valence-electron chi connectivity index (χ4n) is 1.71. The van der Waals surface area contributed by atoms with E-state index >= 15 is 0 Å². The minimum absolute atomic E-state index is 0.239. The van der Waals surface area contributed by atoms with E-state index in [1.807, 2.05) is 19.9 Å². The Hall–Kier alpha value is -2.30. The Kier molecular flexibility index (Phi) is 6.46. The highest BCUT2D eigenvalue weighted by molar-refractivity contribution is 5.82. The summed E-state index contributed by atoms with van der Waals surface area (Å²) in [6.07, 6.45) is 2.22. The van der Waals surface area contributed by atoms with E-state index in [0.717, 1.165) is 11.3 Å². The first-order chi connectivity index (χ1) is 9.88. The lowest BCUT2D eigenvalue weighted by Crippen LogP contribution is -2.41. The summed E-state index contributed by atoms with van der Waals surface area (Å²) in [7, 11) is 0. The first kappa shape index (κ1) is 16.8. The third-order valence-corrected chi connectivity index (χ3v) is 2.78. The first-order valence-electron chi connectivity index (χ1n) is 6.73. The van der Waals surface area contributed by atoms with Crippen LogP contribution in [-0.2, 0) is 16.0 Å². The zero-order valence-electron chi connectivity index (χ0n) is 12.6. The second-order valence-corrected chi connectivity index (χ2v) is 5.03. The van der Waals surface area contributed by atoms with Crippen molar-refractivity contribution in [3.8, 4) is 5.75 Å². The molecule has 0 aromatic heterocycles. The Balaban J connectivity index is 2.62. The van der Waals surface area contributed by atoms with Crippen LogP contribution in [0.2, 0.25) is 0 Å². The van der Waals surface area contributed by atoms with Crippen molar-refractivity contribution in [1.29, 1.82) is 0 Å². The second kappa shape index (κ2) is 8.09. The molecule has 0 saturated carbocycles. The van der Waals surface area contributed by atoms with Gasteiger partial charge in [-0.05, 0) is 37.6 Å². The van der Waals surface area contributed by atoms with Crippen LogP contribution in [0.25, 0.3) is 0 Å². The van der Waals surface area contributed by atoms with E-state index in [1.165, 1.54) is 12.5 Å². The quantitative estimate of drug-likeness (QED) is 0.755. The molecular formula is C16H21NO4. The fourth-order valence-corrected chi connectivity index (χ4v) is 1.71. The first-order valence-corrected chi connectivity index (χ1v) is 6.73. The van der Waals surface area contributed by atoms with Gasteiger partial charge >= 0.3 is 5.97 Å². The number of hydrogen-bond donors (Lipinski definition) is 2. The molecule has 0 unspecified atom stereocenters. The Bertz CT molecular complexity index is 516. The molecule has 5 heteroatoms. The molecule has 0 fully saturated rings. The second-order valence-electron chi connectivity index (χ2n) is 5.03. The lowest BCUT2D eigenvalue weighted by atomic mass is 10.1. The van der Waals surface area contributed by atoms with Crippen LogP contribution in [0.1, 0.15) is 26.3 Å². The molecular weight excluding hydrogens is 270 g/mol. The Morgan fingerprint density at radius 2 is 1.86 bits per heavy atom. The van der Waals surface area contributed by atoms with E-state index < -0.39 is 12.0 Å². The number of hydrogen-bond acceptors (Lipinski definition) is 3. The molecule has 114 valence electrons. The third-order valence-electron chi connectivity index (χ3n) is 2.78. The van der Waals surface area contributed by atoms with Crippen LogP contribution in [0, 0.1) is 0 Å². The van der Waals surface area contributed by atoms with E-state index in [-0.39, 0.29) is 12.3 Å².